The average Bonchev–Trinajstić information content (AvgIpc) is 3.12. The number of thioether (sulfide) groups is 1. The number of carbonyl (C=O) groups is 3. The summed E-state index contributed by atoms with van der Waals surface area (Å²) in [7, 11) is 0. The number of carbonyl (C=O) groups excluding carboxylic acids is 2. The van der Waals surface area contributed by atoms with Crippen LogP contribution in [-0.4, -0.2) is 67.8 Å². The Labute approximate surface area is 145 Å². The number of amides is 2. The molecule has 3 aliphatic heterocycles. The summed E-state index contributed by atoms with van der Waals surface area (Å²) in [6, 6.07) is -0.673. The van der Waals surface area contributed by atoms with Crippen LogP contribution in [0.4, 0.5) is 0 Å². The SMILES string of the molecule is Cc1nnc(SCC2=C(C(=O)O)N3C(=O)[C@@H]4[C@H]3[C@H](C2)CN4C=O)s1. The van der Waals surface area contributed by atoms with Crippen molar-refractivity contribution in [2.45, 2.75) is 29.8 Å². The number of rotatable bonds is 5. The van der Waals surface area contributed by atoms with Gasteiger partial charge in [0.1, 0.15) is 16.7 Å². The minimum absolute atomic E-state index is 0.0824. The second-order valence-electron chi connectivity index (χ2n) is 6.04. The van der Waals surface area contributed by atoms with Gasteiger partial charge in [-0.2, -0.15) is 0 Å². The molecule has 4 rings (SSSR count). The van der Waals surface area contributed by atoms with Gasteiger partial charge in [0.05, 0.1) is 6.04 Å². The molecule has 0 spiro atoms. The van der Waals surface area contributed by atoms with Crippen LogP contribution in [0.5, 0.6) is 0 Å². The van der Waals surface area contributed by atoms with E-state index in [1.807, 2.05) is 6.92 Å². The number of nitrogens with zero attached hydrogens (tertiary/aromatic N) is 4. The zero-order valence-electron chi connectivity index (χ0n) is 12.7. The predicted octanol–water partition coefficient (Wildman–Crippen LogP) is 0.349. The predicted molar refractivity (Wildman–Crippen MR) is 85.3 cm³/mol. The smallest absolute Gasteiger partial charge is 0.352 e. The third kappa shape index (κ3) is 2.16. The molecule has 2 saturated heterocycles. The molecule has 0 saturated carbocycles. The van der Waals surface area contributed by atoms with Gasteiger partial charge in [-0.3, -0.25) is 14.5 Å². The maximum Gasteiger partial charge on any atom is 0.352 e. The number of hydrogen-bond donors (Lipinski definition) is 1. The summed E-state index contributed by atoms with van der Waals surface area (Å²) < 4.78 is 0.778. The van der Waals surface area contributed by atoms with E-state index in [0.717, 1.165) is 14.9 Å². The second-order valence-corrected chi connectivity index (χ2v) is 8.45. The molecular weight excluding hydrogens is 352 g/mol. The maximum atomic E-state index is 12.4. The van der Waals surface area contributed by atoms with Gasteiger partial charge in [0.25, 0.3) is 5.91 Å². The Morgan fingerprint density at radius 3 is 2.92 bits per heavy atom. The maximum absolute atomic E-state index is 12.4. The van der Waals surface area contributed by atoms with E-state index in [4.69, 9.17) is 0 Å². The lowest BCUT2D eigenvalue weighted by Crippen LogP contribution is -2.68. The van der Waals surface area contributed by atoms with Crippen molar-refractivity contribution in [1.82, 2.24) is 20.0 Å². The fourth-order valence-corrected chi connectivity index (χ4v) is 5.64. The fraction of sp³-hybridized carbons (Fsp3) is 0.500. The Hall–Kier alpha value is -1.94. The monoisotopic (exact) mass is 366 g/mol. The van der Waals surface area contributed by atoms with Crippen LogP contribution in [0.3, 0.4) is 0 Å². The number of carboxylic acid groups (broad SMARTS) is 1. The molecule has 3 aliphatic rings. The van der Waals surface area contributed by atoms with Crippen LogP contribution in [0.25, 0.3) is 0 Å². The quantitative estimate of drug-likeness (QED) is 0.455. The lowest BCUT2D eigenvalue weighted by molar-refractivity contribution is -0.158. The number of β-lactam (4-membered cyclic amide) rings is 1. The van der Waals surface area contributed by atoms with E-state index in [9.17, 15) is 19.5 Å². The molecule has 126 valence electrons. The third-order valence-electron chi connectivity index (χ3n) is 4.70. The van der Waals surface area contributed by atoms with Crippen molar-refractivity contribution in [1.29, 1.82) is 0 Å². The molecule has 4 heterocycles. The lowest BCUT2D eigenvalue weighted by Gasteiger charge is -2.49. The van der Waals surface area contributed by atoms with Gasteiger partial charge < -0.3 is 10.0 Å². The largest absolute Gasteiger partial charge is 0.477 e. The van der Waals surface area contributed by atoms with Gasteiger partial charge in [-0.25, -0.2) is 4.79 Å². The Bertz CT molecular complexity index is 777. The zero-order valence-corrected chi connectivity index (χ0v) is 14.3. The molecule has 8 nitrogen and oxygen atoms in total. The molecule has 3 atom stereocenters. The fourth-order valence-electron chi connectivity index (χ4n) is 3.80. The standard InChI is InChI=1S/C14H14N4O4S2/c1-6-15-16-14(24-6)23-4-8-2-7-3-17(5-19)11-9(7)18(12(11)20)10(8)13(21)22/h5,7,9,11H,2-4H2,1H3,(H,21,22)/t7-,9-,11+/m1/s1. The third-order valence-corrected chi connectivity index (χ3v) is 6.76. The highest BCUT2D eigenvalue weighted by Crippen LogP contribution is 2.47. The van der Waals surface area contributed by atoms with Crippen LogP contribution in [-0.2, 0) is 14.4 Å². The first kappa shape index (κ1) is 15.6. The minimum atomic E-state index is -1.09. The van der Waals surface area contributed by atoms with Crippen LogP contribution >= 0.6 is 23.1 Å². The normalized spacial score (nSPS) is 28.0. The van der Waals surface area contributed by atoms with Gasteiger partial charge in [-0.15, -0.1) is 10.2 Å². The second kappa shape index (κ2) is 5.55. The number of hydrogen-bond acceptors (Lipinski definition) is 7. The lowest BCUT2D eigenvalue weighted by atomic mass is 9.79. The Balaban J connectivity index is 1.62. The van der Waals surface area contributed by atoms with Crippen molar-refractivity contribution >= 4 is 41.4 Å². The Morgan fingerprint density at radius 2 is 2.29 bits per heavy atom. The molecule has 0 aromatic carbocycles. The van der Waals surface area contributed by atoms with E-state index < -0.39 is 12.0 Å². The summed E-state index contributed by atoms with van der Waals surface area (Å²) in [5.41, 5.74) is 0.806. The zero-order chi connectivity index (χ0) is 17.0. The van der Waals surface area contributed by atoms with Crippen LogP contribution in [0, 0.1) is 12.8 Å². The molecule has 24 heavy (non-hydrogen) atoms. The molecular formula is C14H14N4O4S2. The van der Waals surface area contributed by atoms with Crippen LogP contribution in [0.15, 0.2) is 15.6 Å². The molecule has 1 aromatic rings. The summed E-state index contributed by atoms with van der Waals surface area (Å²) in [6.45, 7) is 2.36. The number of likely N-dealkylation sites (tertiary alicyclic amines) is 1. The minimum Gasteiger partial charge on any atom is -0.477 e. The van der Waals surface area contributed by atoms with Crippen molar-refractivity contribution in [3.8, 4) is 0 Å². The van der Waals surface area contributed by atoms with Crippen molar-refractivity contribution < 1.29 is 19.5 Å². The van der Waals surface area contributed by atoms with E-state index in [0.29, 0.717) is 25.1 Å². The number of aliphatic carboxylic acids is 1. The first-order valence-corrected chi connectivity index (χ1v) is 9.23. The number of aryl methyl sites for hydroxylation is 1. The molecule has 1 aromatic heterocycles. The van der Waals surface area contributed by atoms with Crippen LogP contribution in [0.1, 0.15) is 11.4 Å². The summed E-state index contributed by atoms with van der Waals surface area (Å²) in [5.74, 6) is -0.822. The van der Waals surface area contributed by atoms with E-state index in [-0.39, 0.29) is 23.6 Å². The number of carboxylic acids is 1. The molecule has 10 heteroatoms. The van der Waals surface area contributed by atoms with Gasteiger partial charge in [0.2, 0.25) is 6.41 Å². The van der Waals surface area contributed by atoms with Crippen LogP contribution < -0.4 is 0 Å². The van der Waals surface area contributed by atoms with Gasteiger partial charge >= 0.3 is 5.97 Å². The topological polar surface area (TPSA) is 104 Å². The van der Waals surface area contributed by atoms with Crippen LogP contribution in [0.2, 0.25) is 0 Å². The van der Waals surface area contributed by atoms with Gasteiger partial charge in [-0.05, 0) is 18.9 Å². The van der Waals surface area contributed by atoms with Gasteiger partial charge in [-0.1, -0.05) is 23.1 Å². The summed E-state index contributed by atoms with van der Waals surface area (Å²) in [4.78, 5) is 38.1. The van der Waals surface area contributed by atoms with Gasteiger partial charge in [0.15, 0.2) is 4.34 Å². The highest BCUT2D eigenvalue weighted by atomic mass is 32.2. The van der Waals surface area contributed by atoms with E-state index in [1.54, 1.807) is 0 Å². The van der Waals surface area contributed by atoms with Crippen molar-refractivity contribution in [2.24, 2.45) is 5.92 Å². The molecule has 2 fully saturated rings. The molecule has 0 radical (unpaired) electrons. The summed E-state index contributed by atoms with van der Waals surface area (Å²) in [5, 5.41) is 18.4. The highest BCUT2D eigenvalue weighted by molar-refractivity contribution is 8.01. The van der Waals surface area contributed by atoms with E-state index in [2.05, 4.69) is 10.2 Å². The van der Waals surface area contributed by atoms with Crippen molar-refractivity contribution in [2.75, 3.05) is 12.3 Å². The summed E-state index contributed by atoms with van der Waals surface area (Å²) >= 11 is 2.89. The van der Waals surface area contributed by atoms with Gasteiger partial charge in [0, 0.05) is 18.2 Å². The Kier molecular flexibility index (Phi) is 3.61. The van der Waals surface area contributed by atoms with E-state index >= 15 is 0 Å². The first-order valence-electron chi connectivity index (χ1n) is 7.43. The molecule has 0 unspecified atom stereocenters. The molecule has 1 N–H and O–H groups in total. The average molecular weight is 366 g/mol. The van der Waals surface area contributed by atoms with E-state index in [1.165, 1.54) is 32.9 Å². The molecule has 0 aliphatic carbocycles. The van der Waals surface area contributed by atoms with Crippen molar-refractivity contribution in [3.63, 3.8) is 0 Å². The first-order chi connectivity index (χ1) is 11.5. The highest BCUT2D eigenvalue weighted by Gasteiger charge is 2.62. The summed E-state index contributed by atoms with van der Waals surface area (Å²) in [6.07, 6.45) is 1.28. The Morgan fingerprint density at radius 1 is 1.50 bits per heavy atom. The number of aromatic nitrogens is 2. The van der Waals surface area contributed by atoms with Crippen molar-refractivity contribution in [3.05, 3.63) is 16.3 Å². The molecule has 0 bridgehead atoms. The molecule has 2 amide bonds.